The monoisotopic (exact) mass is 439 g/mol. The number of benzene rings is 1. The van der Waals surface area contributed by atoms with E-state index in [2.05, 4.69) is 88.0 Å². The van der Waals surface area contributed by atoms with E-state index in [-0.39, 0.29) is 12.1 Å². The summed E-state index contributed by atoms with van der Waals surface area (Å²) in [4.78, 5) is 11.2. The minimum Gasteiger partial charge on any atom is -0.351 e. The van der Waals surface area contributed by atoms with Gasteiger partial charge in [-0.1, -0.05) is 12.1 Å². The van der Waals surface area contributed by atoms with Crippen molar-refractivity contribution in [2.75, 3.05) is 4.90 Å². The Kier molecular flexibility index (Phi) is 5.23. The van der Waals surface area contributed by atoms with Crippen molar-refractivity contribution in [1.82, 2.24) is 19.9 Å². The first-order valence-electron chi connectivity index (χ1n) is 10.7. The second kappa shape index (κ2) is 8.20. The molecule has 160 valence electrons. The van der Waals surface area contributed by atoms with Crippen LogP contribution < -0.4 is 10.2 Å². The number of pyridine rings is 2. The molecular weight excluding hydrogens is 414 g/mol. The van der Waals surface area contributed by atoms with Crippen molar-refractivity contribution < 1.29 is 0 Å². The molecule has 0 amide bonds. The van der Waals surface area contributed by atoms with Crippen molar-refractivity contribution in [2.45, 2.75) is 32.9 Å². The molecule has 1 aliphatic heterocycles. The molecule has 0 radical (unpaired) electrons. The van der Waals surface area contributed by atoms with Crippen molar-refractivity contribution in [1.29, 1.82) is 0 Å². The molecule has 0 aliphatic carbocycles. The molecule has 0 spiro atoms. The number of aromatic nitrogens is 3. The van der Waals surface area contributed by atoms with Gasteiger partial charge in [0, 0.05) is 29.5 Å². The summed E-state index contributed by atoms with van der Waals surface area (Å²) in [6.07, 6.45) is 5.53. The summed E-state index contributed by atoms with van der Waals surface area (Å²) in [7, 11) is 0. The Morgan fingerprint density at radius 1 is 0.875 bits per heavy atom. The molecule has 0 unspecified atom stereocenters. The van der Waals surface area contributed by atoms with Crippen molar-refractivity contribution >= 4 is 23.0 Å². The molecule has 0 saturated carbocycles. The van der Waals surface area contributed by atoms with Crippen LogP contribution >= 0.6 is 12.2 Å². The van der Waals surface area contributed by atoms with Gasteiger partial charge in [0.05, 0.1) is 23.6 Å². The Balaban J connectivity index is 1.71. The molecule has 32 heavy (non-hydrogen) atoms. The van der Waals surface area contributed by atoms with Crippen molar-refractivity contribution in [3.05, 3.63) is 107 Å². The van der Waals surface area contributed by atoms with E-state index >= 15 is 0 Å². The number of hydrogen-bond donors (Lipinski definition) is 1. The molecule has 1 aromatic carbocycles. The van der Waals surface area contributed by atoms with Crippen LogP contribution in [-0.4, -0.2) is 19.6 Å². The van der Waals surface area contributed by atoms with E-state index in [0.717, 1.165) is 28.5 Å². The van der Waals surface area contributed by atoms with Crippen LogP contribution in [0.15, 0.2) is 79.3 Å². The zero-order valence-electron chi connectivity index (χ0n) is 18.4. The largest absolute Gasteiger partial charge is 0.351 e. The highest BCUT2D eigenvalue weighted by atomic mass is 32.1. The third-order valence-corrected chi connectivity index (χ3v) is 6.49. The summed E-state index contributed by atoms with van der Waals surface area (Å²) >= 11 is 5.88. The van der Waals surface area contributed by atoms with E-state index in [1.807, 2.05) is 30.6 Å². The Morgan fingerprint density at radius 2 is 1.75 bits per heavy atom. The Bertz CT molecular complexity index is 1270. The molecule has 4 aromatic rings. The number of nitrogens with one attached hydrogen (secondary N) is 1. The van der Waals surface area contributed by atoms with Crippen LogP contribution in [0.1, 0.15) is 40.3 Å². The second-order valence-electron chi connectivity index (χ2n) is 8.21. The highest BCUT2D eigenvalue weighted by Crippen LogP contribution is 2.43. The third-order valence-electron chi connectivity index (χ3n) is 6.18. The van der Waals surface area contributed by atoms with Crippen LogP contribution in [-0.2, 0) is 0 Å². The van der Waals surface area contributed by atoms with Crippen LogP contribution in [0.4, 0.5) is 5.69 Å². The lowest BCUT2D eigenvalue weighted by atomic mass is 10.00. The number of thiocarbonyl (C=S) groups is 1. The average Bonchev–Trinajstić information content (AvgIpc) is 3.36. The number of aryl methyl sites for hydroxylation is 3. The molecule has 1 saturated heterocycles. The molecular formula is C26H25N5S. The lowest BCUT2D eigenvalue weighted by Crippen LogP contribution is -2.30. The molecule has 5 nitrogen and oxygen atoms in total. The van der Waals surface area contributed by atoms with Crippen molar-refractivity contribution in [2.24, 2.45) is 0 Å². The summed E-state index contributed by atoms with van der Waals surface area (Å²) in [5.41, 5.74) is 7.85. The zero-order valence-corrected chi connectivity index (χ0v) is 19.2. The predicted octanol–water partition coefficient (Wildman–Crippen LogP) is 5.37. The van der Waals surface area contributed by atoms with Gasteiger partial charge in [-0.2, -0.15) is 0 Å². The van der Waals surface area contributed by atoms with Crippen LogP contribution in [0.3, 0.4) is 0 Å². The molecule has 1 N–H and O–H groups in total. The van der Waals surface area contributed by atoms with Gasteiger partial charge in [-0.15, -0.1) is 0 Å². The van der Waals surface area contributed by atoms with Gasteiger partial charge in [-0.05, 0) is 92.6 Å². The average molecular weight is 440 g/mol. The number of anilines is 1. The number of nitrogens with zero attached hydrogens (tertiary/aromatic N) is 4. The molecule has 0 bridgehead atoms. The van der Waals surface area contributed by atoms with Gasteiger partial charge in [0.25, 0.3) is 0 Å². The predicted molar refractivity (Wildman–Crippen MR) is 132 cm³/mol. The van der Waals surface area contributed by atoms with Gasteiger partial charge in [0.2, 0.25) is 0 Å². The van der Waals surface area contributed by atoms with Crippen molar-refractivity contribution in [3.63, 3.8) is 0 Å². The molecule has 1 fully saturated rings. The fourth-order valence-electron chi connectivity index (χ4n) is 4.44. The summed E-state index contributed by atoms with van der Waals surface area (Å²) < 4.78 is 2.26. The first-order valence-corrected chi connectivity index (χ1v) is 11.1. The van der Waals surface area contributed by atoms with Gasteiger partial charge in [0.1, 0.15) is 6.04 Å². The lowest BCUT2D eigenvalue weighted by Gasteiger charge is -2.29. The fraction of sp³-hybridized carbons (Fsp3) is 0.192. The highest BCUT2D eigenvalue weighted by Gasteiger charge is 2.42. The second-order valence-corrected chi connectivity index (χ2v) is 8.60. The Morgan fingerprint density at radius 3 is 2.47 bits per heavy atom. The smallest absolute Gasteiger partial charge is 0.174 e. The summed E-state index contributed by atoms with van der Waals surface area (Å²) in [5, 5.41) is 4.25. The topological polar surface area (TPSA) is 46.0 Å². The quantitative estimate of drug-likeness (QED) is 0.433. The Hall–Kier alpha value is -3.51. The highest BCUT2D eigenvalue weighted by molar-refractivity contribution is 7.80. The van der Waals surface area contributed by atoms with Gasteiger partial charge in [-0.25, -0.2) is 0 Å². The van der Waals surface area contributed by atoms with Gasteiger partial charge in [0.15, 0.2) is 5.11 Å². The minimum absolute atomic E-state index is 0.0755. The molecule has 6 heteroatoms. The molecule has 1 aliphatic rings. The van der Waals surface area contributed by atoms with E-state index in [1.165, 1.54) is 11.1 Å². The first-order chi connectivity index (χ1) is 15.5. The molecule has 2 atom stereocenters. The van der Waals surface area contributed by atoms with Crippen LogP contribution in [0.25, 0.3) is 5.69 Å². The zero-order chi connectivity index (χ0) is 22.2. The maximum atomic E-state index is 5.88. The van der Waals surface area contributed by atoms with Crippen LogP contribution in [0.5, 0.6) is 0 Å². The van der Waals surface area contributed by atoms with Crippen LogP contribution in [0, 0.1) is 20.8 Å². The third kappa shape index (κ3) is 3.46. The summed E-state index contributed by atoms with van der Waals surface area (Å²) in [5.74, 6) is 0. The molecule has 4 heterocycles. The number of rotatable bonds is 4. The molecule has 5 rings (SSSR count). The SMILES string of the molecule is Cc1ccc(N2C(=S)N[C@H](c3ccccn3)[C@H]2c2ccc(C)n2-c2cccnc2)cc1C. The summed E-state index contributed by atoms with van der Waals surface area (Å²) in [6.45, 7) is 6.39. The standard InChI is InChI=1S/C26H25N5S/c1-17-9-11-20(15-18(17)2)31-25(24(29-26(31)32)22-8-4-5-14-28-22)23-12-10-19(3)30(23)21-7-6-13-27-16-21/h4-16,24-25H,1-3H3,(H,29,32)/t24-,25-/m1/s1. The molecule has 3 aromatic heterocycles. The van der Waals surface area contributed by atoms with E-state index in [4.69, 9.17) is 12.2 Å². The normalized spacial score (nSPS) is 18.1. The lowest BCUT2D eigenvalue weighted by molar-refractivity contribution is 0.548. The minimum atomic E-state index is -0.0879. The van der Waals surface area contributed by atoms with Gasteiger partial charge in [-0.3, -0.25) is 9.97 Å². The van der Waals surface area contributed by atoms with Gasteiger partial charge < -0.3 is 14.8 Å². The van der Waals surface area contributed by atoms with Crippen molar-refractivity contribution in [3.8, 4) is 5.69 Å². The van der Waals surface area contributed by atoms with E-state index in [1.54, 1.807) is 6.20 Å². The van der Waals surface area contributed by atoms with E-state index in [0.29, 0.717) is 5.11 Å². The summed E-state index contributed by atoms with van der Waals surface area (Å²) in [6, 6.07) is 20.8. The van der Waals surface area contributed by atoms with Gasteiger partial charge >= 0.3 is 0 Å². The van der Waals surface area contributed by atoms with Crippen LogP contribution in [0.2, 0.25) is 0 Å². The Labute approximate surface area is 193 Å². The first kappa shape index (κ1) is 20.4. The van der Waals surface area contributed by atoms with E-state index < -0.39 is 0 Å². The number of hydrogen-bond acceptors (Lipinski definition) is 3. The maximum Gasteiger partial charge on any atom is 0.174 e. The van der Waals surface area contributed by atoms with E-state index in [9.17, 15) is 0 Å². The fourth-order valence-corrected chi connectivity index (χ4v) is 4.78. The maximum absolute atomic E-state index is 5.88.